The molecule has 0 spiro atoms. The second-order valence-corrected chi connectivity index (χ2v) is 7.84. The third-order valence-electron chi connectivity index (χ3n) is 3.49. The van der Waals surface area contributed by atoms with Gasteiger partial charge in [0.05, 0.1) is 6.20 Å². The number of hydrogen-bond donors (Lipinski definition) is 1. The number of sulfonamides is 1. The molecule has 0 saturated heterocycles. The van der Waals surface area contributed by atoms with E-state index < -0.39 is 10.0 Å². The fourth-order valence-electron chi connectivity index (χ4n) is 2.45. The molecular formula is C13H16N2O3S2. The van der Waals surface area contributed by atoms with Gasteiger partial charge in [-0.05, 0) is 18.9 Å². The monoisotopic (exact) mass is 312 g/mol. The van der Waals surface area contributed by atoms with Crippen molar-refractivity contribution in [3.8, 4) is 11.3 Å². The maximum absolute atomic E-state index is 12.3. The molecule has 0 atom stereocenters. The summed E-state index contributed by atoms with van der Waals surface area (Å²) >= 11 is 1.21. The number of hydrogen-bond acceptors (Lipinski definition) is 5. The van der Waals surface area contributed by atoms with E-state index in [9.17, 15) is 8.42 Å². The fraction of sp³-hybridized carbons (Fsp3) is 0.462. The lowest BCUT2D eigenvalue weighted by molar-refractivity contribution is 0.412. The van der Waals surface area contributed by atoms with Gasteiger partial charge in [0.2, 0.25) is 10.0 Å². The minimum Gasteiger partial charge on any atom is -0.356 e. The van der Waals surface area contributed by atoms with E-state index in [1.165, 1.54) is 17.8 Å². The molecule has 1 aliphatic carbocycles. The summed E-state index contributed by atoms with van der Waals surface area (Å²) in [5.74, 6) is 0.584. The molecule has 2 aromatic heterocycles. The zero-order valence-electron chi connectivity index (χ0n) is 10.9. The summed E-state index contributed by atoms with van der Waals surface area (Å²) < 4.78 is 32.8. The van der Waals surface area contributed by atoms with Gasteiger partial charge in [-0.2, -0.15) is 0 Å². The summed E-state index contributed by atoms with van der Waals surface area (Å²) in [7, 11) is -3.42. The summed E-state index contributed by atoms with van der Waals surface area (Å²) in [5.41, 5.74) is 0.747. The summed E-state index contributed by atoms with van der Waals surface area (Å²) in [5, 5.41) is 5.40. The van der Waals surface area contributed by atoms with Crippen molar-refractivity contribution in [1.29, 1.82) is 0 Å². The van der Waals surface area contributed by atoms with Gasteiger partial charge in [0.25, 0.3) is 0 Å². The van der Waals surface area contributed by atoms with E-state index in [0.29, 0.717) is 9.97 Å². The van der Waals surface area contributed by atoms with Crippen LogP contribution < -0.4 is 4.72 Å². The van der Waals surface area contributed by atoms with Crippen LogP contribution in [0.2, 0.25) is 0 Å². The summed E-state index contributed by atoms with van der Waals surface area (Å²) in [6, 6.07) is 3.42. The molecule has 20 heavy (non-hydrogen) atoms. The highest BCUT2D eigenvalue weighted by Crippen LogP contribution is 2.29. The fourth-order valence-corrected chi connectivity index (χ4v) is 4.94. The lowest BCUT2D eigenvalue weighted by atomic mass is 9.96. The van der Waals surface area contributed by atoms with Crippen molar-refractivity contribution in [1.82, 2.24) is 9.88 Å². The molecule has 0 unspecified atom stereocenters. The van der Waals surface area contributed by atoms with Crippen LogP contribution in [0.3, 0.4) is 0 Å². The van der Waals surface area contributed by atoms with Crippen LogP contribution >= 0.6 is 11.3 Å². The van der Waals surface area contributed by atoms with Gasteiger partial charge in [-0.3, -0.25) is 0 Å². The van der Waals surface area contributed by atoms with E-state index >= 15 is 0 Å². The molecule has 0 amide bonds. The molecule has 7 heteroatoms. The van der Waals surface area contributed by atoms with E-state index in [-0.39, 0.29) is 6.04 Å². The summed E-state index contributed by atoms with van der Waals surface area (Å²) in [4.78, 5) is 0. The van der Waals surface area contributed by atoms with Crippen LogP contribution in [0, 0.1) is 0 Å². The zero-order chi connectivity index (χ0) is 14.0. The highest BCUT2D eigenvalue weighted by molar-refractivity contribution is 7.91. The first kappa shape index (κ1) is 13.8. The quantitative estimate of drug-likeness (QED) is 0.942. The normalized spacial score (nSPS) is 17.4. The highest BCUT2D eigenvalue weighted by Gasteiger charge is 2.23. The van der Waals surface area contributed by atoms with Gasteiger partial charge in [-0.15, -0.1) is 11.3 Å². The van der Waals surface area contributed by atoms with Gasteiger partial charge >= 0.3 is 0 Å². The summed E-state index contributed by atoms with van der Waals surface area (Å²) in [6.07, 6.45) is 6.80. The SMILES string of the molecule is O=S(=O)(NC1CCCCC1)c1cc(-c2ccno2)cs1. The summed E-state index contributed by atoms with van der Waals surface area (Å²) in [6.45, 7) is 0. The first-order valence-corrected chi connectivity index (χ1v) is 9.03. The third-order valence-corrected chi connectivity index (χ3v) is 6.45. The van der Waals surface area contributed by atoms with E-state index in [0.717, 1.165) is 31.2 Å². The zero-order valence-corrected chi connectivity index (χ0v) is 12.5. The van der Waals surface area contributed by atoms with Crippen LogP contribution in [0.4, 0.5) is 0 Å². The molecule has 3 rings (SSSR count). The number of nitrogens with zero attached hydrogens (tertiary/aromatic N) is 1. The van der Waals surface area contributed by atoms with Crippen molar-refractivity contribution in [2.75, 3.05) is 0 Å². The molecule has 0 radical (unpaired) electrons. The molecule has 1 aliphatic rings. The maximum atomic E-state index is 12.3. The molecule has 5 nitrogen and oxygen atoms in total. The Hall–Kier alpha value is -1.18. The van der Waals surface area contributed by atoms with Crippen molar-refractivity contribution in [3.63, 3.8) is 0 Å². The minimum absolute atomic E-state index is 0.0737. The molecule has 108 valence electrons. The first-order valence-electron chi connectivity index (χ1n) is 6.67. The van der Waals surface area contributed by atoms with Crippen LogP contribution in [-0.2, 0) is 10.0 Å². The average molecular weight is 312 g/mol. The number of thiophene rings is 1. The number of aromatic nitrogens is 1. The predicted molar refractivity (Wildman–Crippen MR) is 77.0 cm³/mol. The molecule has 0 aliphatic heterocycles. The van der Waals surface area contributed by atoms with E-state index in [4.69, 9.17) is 4.52 Å². The van der Waals surface area contributed by atoms with Crippen molar-refractivity contribution in [2.24, 2.45) is 0 Å². The molecule has 1 fully saturated rings. The molecule has 1 saturated carbocycles. The largest absolute Gasteiger partial charge is 0.356 e. The van der Waals surface area contributed by atoms with Crippen molar-refractivity contribution < 1.29 is 12.9 Å². The predicted octanol–water partition coefficient (Wildman–Crippen LogP) is 3.01. The maximum Gasteiger partial charge on any atom is 0.250 e. The van der Waals surface area contributed by atoms with Gasteiger partial charge in [0.1, 0.15) is 4.21 Å². The molecule has 0 bridgehead atoms. The lowest BCUT2D eigenvalue weighted by Gasteiger charge is -2.22. The Labute approximate surface area is 122 Å². The van der Waals surface area contributed by atoms with E-state index in [1.807, 2.05) is 0 Å². The third kappa shape index (κ3) is 2.94. The molecular weight excluding hydrogens is 296 g/mol. The average Bonchev–Trinajstić information content (AvgIpc) is 3.11. The Morgan fingerprint density at radius 3 is 2.80 bits per heavy atom. The number of rotatable bonds is 4. The smallest absolute Gasteiger partial charge is 0.250 e. The van der Waals surface area contributed by atoms with Gasteiger partial charge in [-0.1, -0.05) is 24.4 Å². The van der Waals surface area contributed by atoms with Gasteiger partial charge in [-0.25, -0.2) is 13.1 Å². The molecule has 0 aromatic carbocycles. The van der Waals surface area contributed by atoms with Crippen LogP contribution in [0.5, 0.6) is 0 Å². The van der Waals surface area contributed by atoms with Crippen molar-refractivity contribution >= 4 is 21.4 Å². The van der Waals surface area contributed by atoms with Crippen molar-refractivity contribution in [2.45, 2.75) is 42.4 Å². The standard InChI is InChI=1S/C13H16N2O3S2/c16-20(17,15-11-4-2-1-3-5-11)13-8-10(9-19-13)12-6-7-14-18-12/h6-9,11,15H,1-5H2. The highest BCUT2D eigenvalue weighted by atomic mass is 32.2. The van der Waals surface area contributed by atoms with Crippen molar-refractivity contribution in [3.05, 3.63) is 23.7 Å². The first-order chi connectivity index (χ1) is 9.65. The van der Waals surface area contributed by atoms with Gasteiger partial charge in [0, 0.05) is 23.1 Å². The van der Waals surface area contributed by atoms with Crippen LogP contribution in [-0.4, -0.2) is 19.6 Å². The van der Waals surface area contributed by atoms with Crippen LogP contribution in [0.25, 0.3) is 11.3 Å². The second-order valence-electron chi connectivity index (χ2n) is 4.99. The second kappa shape index (κ2) is 5.67. The van der Waals surface area contributed by atoms with Gasteiger partial charge < -0.3 is 4.52 Å². The molecule has 2 heterocycles. The van der Waals surface area contributed by atoms with E-state index in [2.05, 4.69) is 9.88 Å². The Kier molecular flexibility index (Phi) is 3.91. The number of nitrogens with one attached hydrogen (secondary N) is 1. The lowest BCUT2D eigenvalue weighted by Crippen LogP contribution is -2.35. The van der Waals surface area contributed by atoms with E-state index in [1.54, 1.807) is 23.7 Å². The topological polar surface area (TPSA) is 72.2 Å². The Bertz CT molecular complexity index is 656. The Morgan fingerprint density at radius 2 is 2.10 bits per heavy atom. The van der Waals surface area contributed by atoms with Gasteiger partial charge in [0.15, 0.2) is 5.76 Å². The Morgan fingerprint density at radius 1 is 1.30 bits per heavy atom. The Balaban J connectivity index is 1.77. The van der Waals surface area contributed by atoms with Crippen LogP contribution in [0.15, 0.2) is 32.4 Å². The van der Waals surface area contributed by atoms with Crippen LogP contribution in [0.1, 0.15) is 32.1 Å². The minimum atomic E-state index is -3.42. The molecule has 2 aromatic rings. The molecule has 1 N–H and O–H groups in total.